The van der Waals surface area contributed by atoms with Gasteiger partial charge in [0, 0.05) is 6.42 Å². The summed E-state index contributed by atoms with van der Waals surface area (Å²) >= 11 is 0. The molecule has 158 valence electrons. The van der Waals surface area contributed by atoms with Gasteiger partial charge in [-0.1, -0.05) is 54.6 Å². The molecular formula is C25H29N4OP+2. The van der Waals surface area contributed by atoms with E-state index in [4.69, 9.17) is 11.5 Å². The molecule has 0 aliphatic rings. The molecule has 0 aliphatic heterocycles. The second kappa shape index (κ2) is 10.6. The third kappa shape index (κ3) is 5.65. The predicted molar refractivity (Wildman–Crippen MR) is 133 cm³/mol. The number of hydrogen-bond donors (Lipinski definition) is 2. The zero-order valence-electron chi connectivity index (χ0n) is 17.8. The van der Waals surface area contributed by atoms with Crippen LogP contribution in [0.25, 0.3) is 0 Å². The Hall–Kier alpha value is -3.30. The van der Waals surface area contributed by atoms with Crippen molar-refractivity contribution in [2.75, 3.05) is 19.8 Å². The number of benzene rings is 3. The van der Waals surface area contributed by atoms with Crippen molar-refractivity contribution in [3.05, 3.63) is 91.0 Å². The van der Waals surface area contributed by atoms with Gasteiger partial charge in [0.15, 0.2) is 5.96 Å². The molecule has 0 unspecified atom stereocenters. The van der Waals surface area contributed by atoms with E-state index in [1.165, 1.54) is 22.1 Å². The molecule has 1 amide bonds. The Morgan fingerprint density at radius 2 is 1.26 bits per heavy atom. The van der Waals surface area contributed by atoms with Crippen LogP contribution >= 0.6 is 7.26 Å². The molecule has 4 N–H and O–H groups in total. The van der Waals surface area contributed by atoms with Crippen molar-refractivity contribution in [2.24, 2.45) is 16.5 Å². The van der Waals surface area contributed by atoms with Crippen LogP contribution in [-0.2, 0) is 4.79 Å². The van der Waals surface area contributed by atoms with Gasteiger partial charge in [0.25, 0.3) is 0 Å². The molecule has 31 heavy (non-hydrogen) atoms. The first-order chi connectivity index (χ1) is 15.0. The van der Waals surface area contributed by atoms with Gasteiger partial charge in [-0.15, -0.1) is 0 Å². The van der Waals surface area contributed by atoms with Gasteiger partial charge in [0.1, 0.15) is 36.8 Å². The second-order valence-electron chi connectivity index (χ2n) is 7.38. The highest BCUT2D eigenvalue weighted by molar-refractivity contribution is 7.95. The van der Waals surface area contributed by atoms with E-state index in [-0.39, 0.29) is 5.96 Å². The quantitative estimate of drug-likeness (QED) is 0.247. The topological polar surface area (TPSA) is 84.5 Å². The number of nitrogens with two attached hydrogens (primary N) is 2. The lowest BCUT2D eigenvalue weighted by molar-refractivity contribution is -0.491. The number of rotatable bonds is 8. The summed E-state index contributed by atoms with van der Waals surface area (Å²) in [5, 5.41) is 4.07. The number of carbonyl (C=O) groups is 1. The number of guanidine groups is 1. The minimum atomic E-state index is -1.86. The fraction of sp³-hybridized carbons (Fsp3) is 0.160. The molecule has 3 aromatic carbocycles. The first-order valence-corrected chi connectivity index (χ1v) is 12.2. The lowest BCUT2D eigenvalue weighted by atomic mass is 10.3. The van der Waals surface area contributed by atoms with Crippen molar-refractivity contribution in [1.29, 1.82) is 0 Å². The largest absolute Gasteiger partial charge is 0.370 e. The van der Waals surface area contributed by atoms with E-state index in [9.17, 15) is 4.79 Å². The van der Waals surface area contributed by atoms with Crippen molar-refractivity contribution in [3.63, 3.8) is 0 Å². The van der Waals surface area contributed by atoms with Crippen LogP contribution in [0.3, 0.4) is 0 Å². The number of aliphatic imine (C=N–C) groups is 1. The summed E-state index contributed by atoms with van der Waals surface area (Å²) in [5.41, 5.74) is 10.6. The highest BCUT2D eigenvalue weighted by Crippen LogP contribution is 2.55. The normalized spacial score (nSPS) is 11.7. The van der Waals surface area contributed by atoms with Crippen LogP contribution in [0.2, 0.25) is 0 Å². The van der Waals surface area contributed by atoms with Gasteiger partial charge in [0.2, 0.25) is 6.21 Å². The second-order valence-corrected chi connectivity index (χ2v) is 11.0. The molecule has 3 rings (SSSR count). The molecule has 0 spiro atoms. The van der Waals surface area contributed by atoms with Crippen molar-refractivity contribution in [3.8, 4) is 0 Å². The van der Waals surface area contributed by atoms with Crippen LogP contribution in [0.15, 0.2) is 96.0 Å². The van der Waals surface area contributed by atoms with Gasteiger partial charge in [-0.05, 0) is 36.4 Å². The monoisotopic (exact) mass is 432 g/mol. The Balaban J connectivity index is 1.98. The van der Waals surface area contributed by atoms with Crippen LogP contribution < -0.4 is 27.4 Å². The van der Waals surface area contributed by atoms with E-state index >= 15 is 0 Å². The Labute approximate surface area is 184 Å². The number of amides is 1. The minimum absolute atomic E-state index is 0.225. The molecular weight excluding hydrogens is 403 g/mol. The Bertz CT molecular complexity index is 950. The van der Waals surface area contributed by atoms with Crippen LogP contribution in [0.4, 0.5) is 0 Å². The summed E-state index contributed by atoms with van der Waals surface area (Å²) in [5.74, 6) is -0.672. The zero-order chi connectivity index (χ0) is 22.1. The first-order valence-electron chi connectivity index (χ1n) is 10.3. The summed E-state index contributed by atoms with van der Waals surface area (Å²) in [6.07, 6.45) is 3.33. The van der Waals surface area contributed by atoms with Crippen molar-refractivity contribution < 1.29 is 9.37 Å². The lowest BCUT2D eigenvalue weighted by Crippen LogP contribution is -2.34. The summed E-state index contributed by atoms with van der Waals surface area (Å²) in [7, 11) is 0.00955. The molecule has 0 heterocycles. The smallest absolute Gasteiger partial charge is 0.336 e. The molecule has 3 aromatic rings. The fourth-order valence-corrected chi connectivity index (χ4v) is 8.18. The highest BCUT2D eigenvalue weighted by atomic mass is 31.2. The van der Waals surface area contributed by atoms with Gasteiger partial charge < -0.3 is 11.5 Å². The van der Waals surface area contributed by atoms with E-state index in [2.05, 4.69) is 96.0 Å². The number of nitrogens with zero attached hydrogens (tertiary/aromatic N) is 2. The van der Waals surface area contributed by atoms with Gasteiger partial charge in [-0.3, -0.25) is 4.79 Å². The highest BCUT2D eigenvalue weighted by Gasteiger charge is 2.44. The van der Waals surface area contributed by atoms with Crippen molar-refractivity contribution >= 4 is 41.3 Å². The molecule has 0 aromatic heterocycles. The maximum absolute atomic E-state index is 11.9. The third-order valence-electron chi connectivity index (χ3n) is 5.17. The Morgan fingerprint density at radius 3 is 1.65 bits per heavy atom. The van der Waals surface area contributed by atoms with E-state index < -0.39 is 13.2 Å². The summed E-state index contributed by atoms with van der Waals surface area (Å²) < 4.78 is 1.85. The maximum atomic E-state index is 11.9. The van der Waals surface area contributed by atoms with E-state index in [0.29, 0.717) is 0 Å². The van der Waals surface area contributed by atoms with Gasteiger partial charge in [0.05, 0.1) is 6.16 Å². The average Bonchev–Trinajstić information content (AvgIpc) is 2.78. The summed E-state index contributed by atoms with van der Waals surface area (Å²) in [4.78, 5) is 15.4. The van der Waals surface area contributed by atoms with Crippen LogP contribution in [0, 0.1) is 0 Å². The molecule has 0 atom stereocenters. The molecule has 6 heteroatoms. The van der Waals surface area contributed by atoms with Crippen LogP contribution in [0.1, 0.15) is 6.42 Å². The average molecular weight is 433 g/mol. The molecule has 0 bridgehead atoms. The predicted octanol–water partition coefficient (Wildman–Crippen LogP) is 1.88. The molecule has 5 nitrogen and oxygen atoms in total. The van der Waals surface area contributed by atoms with Crippen molar-refractivity contribution in [1.82, 2.24) is 0 Å². The van der Waals surface area contributed by atoms with Crippen molar-refractivity contribution in [2.45, 2.75) is 6.42 Å². The van der Waals surface area contributed by atoms with E-state index in [1.807, 2.05) is 11.6 Å². The first kappa shape index (κ1) is 22.4. The van der Waals surface area contributed by atoms with E-state index in [1.54, 1.807) is 0 Å². The van der Waals surface area contributed by atoms with Crippen LogP contribution in [0.5, 0.6) is 0 Å². The number of carbonyl (C=O) groups excluding carboxylic acids is 1. The van der Waals surface area contributed by atoms with Crippen LogP contribution in [-0.4, -0.2) is 42.4 Å². The molecule has 0 radical (unpaired) electrons. The summed E-state index contributed by atoms with van der Waals surface area (Å²) in [6, 6.07) is 32.3. The molecule has 0 aliphatic carbocycles. The molecule has 0 fully saturated rings. The standard InChI is InChI=1S/C25H28N4OP/c1-29(20-24(30)28-25(26)27)18-11-19-31(21-12-5-2-6-13-21,22-14-7-3-8-15-22)23-16-9-4-10-17-23/h2-10,12-17,20H,11,18-19H2,1H3,(H3-,26,27,28,30)/q+1/p+1. The van der Waals surface area contributed by atoms with Gasteiger partial charge in [-0.25, -0.2) is 4.58 Å². The zero-order valence-corrected chi connectivity index (χ0v) is 18.7. The minimum Gasteiger partial charge on any atom is -0.370 e. The number of hydrogen-bond acceptors (Lipinski definition) is 1. The van der Waals surface area contributed by atoms with E-state index in [0.717, 1.165) is 19.1 Å². The fourth-order valence-electron chi connectivity index (χ4n) is 3.85. The van der Waals surface area contributed by atoms with Gasteiger partial charge in [-0.2, -0.15) is 4.99 Å². The SMILES string of the molecule is C[N+](=CC(=O)N=C(N)N)CCC[P+](c1ccccc1)(c1ccccc1)c1ccccc1. The molecule has 0 saturated carbocycles. The summed E-state index contributed by atoms with van der Waals surface area (Å²) in [6.45, 7) is 0.722. The van der Waals surface area contributed by atoms with Gasteiger partial charge >= 0.3 is 5.91 Å². The lowest BCUT2D eigenvalue weighted by Gasteiger charge is -2.27. The Kier molecular flexibility index (Phi) is 7.69. The maximum Gasteiger partial charge on any atom is 0.336 e. The Morgan fingerprint density at radius 1 is 0.839 bits per heavy atom. The molecule has 0 saturated heterocycles. The third-order valence-corrected chi connectivity index (χ3v) is 9.69.